The fraction of sp³-hybridized carbons (Fsp3) is 0. The summed E-state index contributed by atoms with van der Waals surface area (Å²) in [6, 6.07) is 50.3. The number of rotatable bonds is 6. The van der Waals surface area contributed by atoms with Crippen molar-refractivity contribution in [3.8, 4) is 28.1 Å². The lowest BCUT2D eigenvalue weighted by atomic mass is 9.89. The maximum Gasteiger partial charge on any atom is 0.0702 e. The molecule has 3 heterocycles. The molecule has 1 aliphatic heterocycles. The molecule has 0 unspecified atom stereocenters. The number of pyridine rings is 1. The first kappa shape index (κ1) is 27.8. The molecule has 226 valence electrons. The van der Waals surface area contributed by atoms with E-state index in [4.69, 9.17) is 0 Å². The van der Waals surface area contributed by atoms with Gasteiger partial charge in [-0.05, 0) is 88.8 Å². The Morgan fingerprint density at radius 2 is 1.40 bits per heavy atom. The van der Waals surface area contributed by atoms with Crippen LogP contribution >= 0.6 is 0 Å². The Labute approximate surface area is 279 Å². The van der Waals surface area contributed by atoms with E-state index in [1.807, 2.05) is 30.5 Å². The third-order valence-corrected chi connectivity index (χ3v) is 9.49. The van der Waals surface area contributed by atoms with Crippen LogP contribution in [0.5, 0.6) is 0 Å². The zero-order valence-corrected chi connectivity index (χ0v) is 26.3. The van der Waals surface area contributed by atoms with E-state index in [0.717, 1.165) is 50.5 Å². The Morgan fingerprint density at radius 1 is 0.604 bits per heavy atom. The molecule has 48 heavy (non-hydrogen) atoms. The molecule has 0 fully saturated rings. The molecule has 0 spiro atoms. The fourth-order valence-electron chi connectivity index (χ4n) is 7.36. The Morgan fingerprint density at radius 3 is 2.17 bits per heavy atom. The molecular formula is C45H31N3. The second kappa shape index (κ2) is 11.1. The minimum absolute atomic E-state index is 0.967. The van der Waals surface area contributed by atoms with E-state index in [1.54, 1.807) is 6.08 Å². The van der Waals surface area contributed by atoms with Gasteiger partial charge in [-0.3, -0.25) is 4.98 Å². The van der Waals surface area contributed by atoms with E-state index in [-0.39, 0.29) is 0 Å². The summed E-state index contributed by atoms with van der Waals surface area (Å²) in [5.74, 6) is 0. The van der Waals surface area contributed by atoms with Gasteiger partial charge in [0.15, 0.2) is 0 Å². The van der Waals surface area contributed by atoms with Crippen molar-refractivity contribution >= 4 is 55.2 Å². The second-order valence-corrected chi connectivity index (χ2v) is 12.1. The molecular weight excluding hydrogens is 583 g/mol. The van der Waals surface area contributed by atoms with E-state index in [0.29, 0.717) is 0 Å². The average molecular weight is 614 g/mol. The van der Waals surface area contributed by atoms with Crippen LogP contribution in [-0.4, -0.2) is 9.55 Å². The Balaban J connectivity index is 1.36. The lowest BCUT2D eigenvalue weighted by molar-refractivity contribution is 1.18. The molecule has 0 saturated heterocycles. The lowest BCUT2D eigenvalue weighted by Crippen LogP contribution is -2.15. The summed E-state index contributed by atoms with van der Waals surface area (Å²) in [5, 5.41) is 4.90. The Hall–Kier alpha value is -6.45. The monoisotopic (exact) mass is 613 g/mol. The van der Waals surface area contributed by atoms with Crippen molar-refractivity contribution < 1.29 is 0 Å². The zero-order valence-electron chi connectivity index (χ0n) is 26.3. The van der Waals surface area contributed by atoms with Gasteiger partial charge in [0.05, 0.1) is 28.1 Å². The Kier molecular flexibility index (Phi) is 6.44. The first-order chi connectivity index (χ1) is 23.7. The molecule has 3 heteroatoms. The summed E-state index contributed by atoms with van der Waals surface area (Å²) in [7, 11) is 0. The van der Waals surface area contributed by atoms with Crippen molar-refractivity contribution in [3.05, 3.63) is 183 Å². The SMILES string of the molecule is C=C/C=C(\C=C)c1ccc(N2c3cc4c(cc3-c3cccc5cccc2c35)c2cc(-c3ccccn3)ccc2n4-c2ccccc2)cc1. The van der Waals surface area contributed by atoms with Gasteiger partial charge in [0.2, 0.25) is 0 Å². The maximum absolute atomic E-state index is 4.67. The Bertz CT molecular complexity index is 2570. The molecule has 3 nitrogen and oxygen atoms in total. The van der Waals surface area contributed by atoms with Gasteiger partial charge in [0.1, 0.15) is 0 Å². The molecule has 2 aromatic heterocycles. The number of anilines is 3. The molecule has 0 radical (unpaired) electrons. The first-order valence-electron chi connectivity index (χ1n) is 16.2. The van der Waals surface area contributed by atoms with Gasteiger partial charge >= 0.3 is 0 Å². The molecule has 0 aliphatic carbocycles. The molecule has 0 saturated carbocycles. The summed E-state index contributed by atoms with van der Waals surface area (Å²) in [6.07, 6.45) is 7.53. The summed E-state index contributed by atoms with van der Waals surface area (Å²) >= 11 is 0. The quantitative estimate of drug-likeness (QED) is 0.174. The zero-order chi connectivity index (χ0) is 32.2. The molecule has 1 aliphatic rings. The number of para-hydroxylation sites is 1. The van der Waals surface area contributed by atoms with Crippen LogP contribution in [0.1, 0.15) is 5.56 Å². The van der Waals surface area contributed by atoms with E-state index in [9.17, 15) is 0 Å². The largest absolute Gasteiger partial charge is 0.309 e. The average Bonchev–Trinajstić information content (AvgIpc) is 3.47. The highest BCUT2D eigenvalue weighted by Crippen LogP contribution is 2.53. The van der Waals surface area contributed by atoms with Crippen molar-refractivity contribution in [2.75, 3.05) is 4.90 Å². The highest BCUT2D eigenvalue weighted by atomic mass is 15.2. The first-order valence-corrected chi connectivity index (χ1v) is 16.2. The van der Waals surface area contributed by atoms with Crippen molar-refractivity contribution in [1.82, 2.24) is 9.55 Å². The molecule has 0 amide bonds. The van der Waals surface area contributed by atoms with Crippen LogP contribution < -0.4 is 4.90 Å². The van der Waals surface area contributed by atoms with E-state index < -0.39 is 0 Å². The van der Waals surface area contributed by atoms with Gasteiger partial charge in [-0.15, -0.1) is 0 Å². The van der Waals surface area contributed by atoms with Crippen LogP contribution in [-0.2, 0) is 0 Å². The minimum Gasteiger partial charge on any atom is -0.309 e. The molecule has 0 N–H and O–H groups in total. The van der Waals surface area contributed by atoms with Crippen LogP contribution in [0.4, 0.5) is 17.1 Å². The highest BCUT2D eigenvalue weighted by Gasteiger charge is 2.28. The number of fused-ring (bicyclic) bond motifs is 5. The highest BCUT2D eigenvalue weighted by molar-refractivity contribution is 6.19. The number of aromatic nitrogens is 2. The topological polar surface area (TPSA) is 21.1 Å². The minimum atomic E-state index is 0.967. The number of benzene rings is 6. The van der Waals surface area contributed by atoms with Gasteiger partial charge in [0, 0.05) is 44.9 Å². The van der Waals surface area contributed by atoms with Crippen molar-refractivity contribution in [3.63, 3.8) is 0 Å². The predicted octanol–water partition coefficient (Wildman–Crippen LogP) is 12.2. The molecule has 0 atom stereocenters. The van der Waals surface area contributed by atoms with Crippen LogP contribution in [0.3, 0.4) is 0 Å². The van der Waals surface area contributed by atoms with Crippen molar-refractivity contribution in [2.45, 2.75) is 0 Å². The van der Waals surface area contributed by atoms with Gasteiger partial charge < -0.3 is 9.47 Å². The number of allylic oxidation sites excluding steroid dienone is 4. The molecule has 0 bridgehead atoms. The maximum atomic E-state index is 4.67. The summed E-state index contributed by atoms with van der Waals surface area (Å²) < 4.78 is 2.39. The fourth-order valence-corrected chi connectivity index (χ4v) is 7.36. The third kappa shape index (κ3) is 4.25. The molecule has 9 rings (SSSR count). The standard InChI is InChI=1S/C45H31N3/c1-3-12-30(4-2)31-20-23-35(24-21-31)48-42-19-11-14-32-13-10-17-36(45(32)42)38-28-39-37-27-33(40-18-8-9-26-46-40)22-25-41(37)47(44(39)29-43(38)48)34-15-6-5-7-16-34/h3-29H,1-2H2/b30-12+. The molecule has 8 aromatic rings. The van der Waals surface area contributed by atoms with Gasteiger partial charge in [-0.1, -0.05) is 104 Å². The summed E-state index contributed by atoms with van der Waals surface area (Å²) in [5.41, 5.74) is 13.5. The van der Waals surface area contributed by atoms with E-state index >= 15 is 0 Å². The lowest BCUT2D eigenvalue weighted by Gasteiger charge is -2.34. The number of hydrogen-bond acceptors (Lipinski definition) is 2. The normalized spacial score (nSPS) is 12.4. The van der Waals surface area contributed by atoms with E-state index in [1.165, 1.54) is 38.4 Å². The van der Waals surface area contributed by atoms with Gasteiger partial charge in [-0.25, -0.2) is 0 Å². The van der Waals surface area contributed by atoms with Gasteiger partial charge in [-0.2, -0.15) is 0 Å². The van der Waals surface area contributed by atoms with Crippen LogP contribution in [0.15, 0.2) is 177 Å². The number of hydrogen-bond donors (Lipinski definition) is 0. The van der Waals surface area contributed by atoms with Crippen LogP contribution in [0.25, 0.3) is 66.2 Å². The van der Waals surface area contributed by atoms with Gasteiger partial charge in [0.25, 0.3) is 0 Å². The number of nitrogens with zero attached hydrogens (tertiary/aromatic N) is 3. The van der Waals surface area contributed by atoms with Crippen LogP contribution in [0.2, 0.25) is 0 Å². The predicted molar refractivity (Wildman–Crippen MR) is 204 cm³/mol. The van der Waals surface area contributed by atoms with E-state index in [2.05, 4.69) is 155 Å². The van der Waals surface area contributed by atoms with Crippen molar-refractivity contribution in [1.29, 1.82) is 0 Å². The molecule has 6 aromatic carbocycles. The summed E-state index contributed by atoms with van der Waals surface area (Å²) in [4.78, 5) is 7.09. The second-order valence-electron chi connectivity index (χ2n) is 12.1. The van der Waals surface area contributed by atoms with Crippen LogP contribution in [0, 0.1) is 0 Å². The summed E-state index contributed by atoms with van der Waals surface area (Å²) in [6.45, 7) is 7.90. The van der Waals surface area contributed by atoms with Crippen molar-refractivity contribution in [2.24, 2.45) is 0 Å². The third-order valence-electron chi connectivity index (χ3n) is 9.49. The smallest absolute Gasteiger partial charge is 0.0702 e.